The quantitative estimate of drug-likeness (QED) is 0.694. The molecule has 0 fully saturated rings. The normalized spacial score (nSPS) is 15.6. The predicted octanol–water partition coefficient (Wildman–Crippen LogP) is 1.11. The summed E-state index contributed by atoms with van der Waals surface area (Å²) in [6.45, 7) is 0. The van der Waals surface area contributed by atoms with Gasteiger partial charge in [-0.15, -0.1) is 0 Å². The fourth-order valence-electron chi connectivity index (χ4n) is 0.984. The summed E-state index contributed by atoms with van der Waals surface area (Å²) in [5.41, 5.74) is 5.69. The molecule has 3 heteroatoms. The highest BCUT2D eigenvalue weighted by Gasteiger charge is 2.10. The van der Waals surface area contributed by atoms with Crippen LogP contribution in [-0.2, 0) is 6.42 Å². The third-order valence-electron chi connectivity index (χ3n) is 1.67. The van der Waals surface area contributed by atoms with Crippen LogP contribution in [0.15, 0.2) is 30.3 Å². The largest absolute Gasteiger partial charge is 0.376 e. The van der Waals surface area contributed by atoms with Gasteiger partial charge in [-0.1, -0.05) is 41.9 Å². The Hall–Kier alpha value is -0.570. The molecule has 2 nitrogen and oxygen atoms in total. The minimum Gasteiger partial charge on any atom is -0.376 e. The van der Waals surface area contributed by atoms with Gasteiger partial charge in [-0.3, -0.25) is 0 Å². The summed E-state index contributed by atoms with van der Waals surface area (Å²) >= 11 is 5.41. The van der Waals surface area contributed by atoms with E-state index in [2.05, 4.69) is 0 Å². The van der Waals surface area contributed by atoms with Crippen LogP contribution in [-0.4, -0.2) is 16.7 Å². The Morgan fingerprint density at radius 2 is 1.92 bits per heavy atom. The minimum atomic E-state index is -0.967. The van der Waals surface area contributed by atoms with Crippen LogP contribution in [0.25, 0.3) is 0 Å². The van der Waals surface area contributed by atoms with Crippen molar-refractivity contribution >= 4 is 11.6 Å². The molecule has 0 saturated heterocycles. The smallest absolute Gasteiger partial charge is 0.143 e. The monoisotopic (exact) mass is 185 g/mol. The number of rotatable bonds is 3. The lowest BCUT2D eigenvalue weighted by molar-refractivity contribution is 0.223. The second kappa shape index (κ2) is 4.45. The first-order valence-electron chi connectivity index (χ1n) is 3.82. The van der Waals surface area contributed by atoms with Gasteiger partial charge in [0.05, 0.1) is 0 Å². The Kier molecular flexibility index (Phi) is 3.53. The van der Waals surface area contributed by atoms with Crippen molar-refractivity contribution in [2.75, 3.05) is 0 Å². The average Bonchev–Trinajstić information content (AvgIpc) is 2.06. The number of hydrogen-bond acceptors (Lipinski definition) is 2. The highest BCUT2D eigenvalue weighted by molar-refractivity contribution is 6.19. The molecule has 1 aromatic carbocycles. The number of halogens is 1. The number of hydrogen-bond donors (Lipinski definition) is 2. The van der Waals surface area contributed by atoms with E-state index in [1.54, 1.807) is 0 Å². The Morgan fingerprint density at radius 3 is 2.42 bits per heavy atom. The van der Waals surface area contributed by atoms with Gasteiger partial charge < -0.3 is 10.8 Å². The molecule has 1 rings (SSSR count). The van der Waals surface area contributed by atoms with Crippen LogP contribution in [0.5, 0.6) is 0 Å². The first-order valence-corrected chi connectivity index (χ1v) is 4.25. The summed E-state index contributed by atoms with van der Waals surface area (Å²) in [6, 6.07) is 9.32. The Morgan fingerprint density at radius 1 is 1.33 bits per heavy atom. The van der Waals surface area contributed by atoms with Gasteiger partial charge in [0.1, 0.15) is 5.56 Å². The molecule has 0 radical (unpaired) electrons. The van der Waals surface area contributed by atoms with Crippen molar-refractivity contribution in [3.05, 3.63) is 35.9 Å². The maximum Gasteiger partial charge on any atom is 0.143 e. The summed E-state index contributed by atoms with van der Waals surface area (Å²) in [5, 5.41) is 8.92. The maximum absolute atomic E-state index is 8.92. The molecule has 66 valence electrons. The molecule has 12 heavy (non-hydrogen) atoms. The fraction of sp³-hybridized carbons (Fsp3) is 0.333. The van der Waals surface area contributed by atoms with Crippen molar-refractivity contribution < 1.29 is 5.11 Å². The van der Waals surface area contributed by atoms with Crippen LogP contribution in [0.1, 0.15) is 5.56 Å². The van der Waals surface area contributed by atoms with E-state index < -0.39 is 11.6 Å². The van der Waals surface area contributed by atoms with E-state index in [0.29, 0.717) is 6.42 Å². The van der Waals surface area contributed by atoms with Crippen LogP contribution < -0.4 is 5.73 Å². The van der Waals surface area contributed by atoms with Crippen molar-refractivity contribution in [3.8, 4) is 0 Å². The third-order valence-corrected chi connectivity index (χ3v) is 1.99. The van der Waals surface area contributed by atoms with Crippen LogP contribution in [0, 0.1) is 0 Å². The average molecular weight is 186 g/mol. The van der Waals surface area contributed by atoms with E-state index in [-0.39, 0.29) is 0 Å². The van der Waals surface area contributed by atoms with Crippen LogP contribution in [0.3, 0.4) is 0 Å². The van der Waals surface area contributed by atoms with Gasteiger partial charge >= 0.3 is 0 Å². The highest BCUT2D eigenvalue weighted by Crippen LogP contribution is 2.05. The number of aliphatic hydroxyl groups is 1. The van der Waals surface area contributed by atoms with Gasteiger partial charge in [-0.25, -0.2) is 0 Å². The number of nitrogens with two attached hydrogens (primary N) is 1. The lowest BCUT2D eigenvalue weighted by Crippen LogP contribution is -2.32. The summed E-state index contributed by atoms with van der Waals surface area (Å²) in [5.74, 6) is 0. The lowest BCUT2D eigenvalue weighted by Gasteiger charge is -2.12. The highest BCUT2D eigenvalue weighted by atomic mass is 35.5. The Bertz CT molecular complexity index is 225. The van der Waals surface area contributed by atoms with Crippen molar-refractivity contribution in [3.63, 3.8) is 0 Å². The zero-order valence-electron chi connectivity index (χ0n) is 6.65. The van der Waals surface area contributed by atoms with Gasteiger partial charge in [-0.2, -0.15) is 0 Å². The van der Waals surface area contributed by atoms with E-state index in [4.69, 9.17) is 22.4 Å². The Labute approximate surface area is 77.0 Å². The van der Waals surface area contributed by atoms with Crippen molar-refractivity contribution in [2.24, 2.45) is 5.73 Å². The minimum absolute atomic E-state index is 0.394. The summed E-state index contributed by atoms with van der Waals surface area (Å²) in [6.07, 6.45) is 0.603. The SMILES string of the molecule is N[C@@H](Cc1ccccc1)C(O)Cl. The zero-order valence-corrected chi connectivity index (χ0v) is 7.41. The first kappa shape index (κ1) is 9.52. The van der Waals surface area contributed by atoms with Crippen molar-refractivity contribution in [1.82, 2.24) is 0 Å². The molecule has 0 aromatic heterocycles. The van der Waals surface area contributed by atoms with Crippen LogP contribution in [0.4, 0.5) is 0 Å². The summed E-state index contributed by atoms with van der Waals surface area (Å²) in [4.78, 5) is 0. The maximum atomic E-state index is 8.92. The first-order chi connectivity index (χ1) is 5.70. The lowest BCUT2D eigenvalue weighted by atomic mass is 10.1. The molecule has 0 amide bonds. The molecule has 1 aromatic rings. The van der Waals surface area contributed by atoms with Gasteiger partial charge in [0.25, 0.3) is 0 Å². The van der Waals surface area contributed by atoms with Gasteiger partial charge in [0, 0.05) is 6.04 Å². The molecule has 0 aliphatic rings. The topological polar surface area (TPSA) is 46.2 Å². The van der Waals surface area contributed by atoms with E-state index in [9.17, 15) is 0 Å². The molecule has 2 atom stereocenters. The predicted molar refractivity (Wildman–Crippen MR) is 50.0 cm³/mol. The molecule has 0 aliphatic heterocycles. The number of aliphatic hydroxyl groups excluding tert-OH is 1. The second-order valence-electron chi connectivity index (χ2n) is 2.73. The molecular weight excluding hydrogens is 174 g/mol. The molecule has 3 N–H and O–H groups in total. The van der Waals surface area contributed by atoms with E-state index in [0.717, 1.165) is 5.56 Å². The standard InChI is InChI=1S/C9H12ClNO/c10-9(12)8(11)6-7-4-2-1-3-5-7/h1-5,8-9,12H,6,11H2/t8-,9?/m0/s1. The van der Waals surface area contributed by atoms with Gasteiger partial charge in [-0.05, 0) is 12.0 Å². The fourth-order valence-corrected chi connectivity index (χ4v) is 1.07. The molecule has 0 heterocycles. The van der Waals surface area contributed by atoms with E-state index in [1.165, 1.54) is 0 Å². The molecule has 0 aliphatic carbocycles. The van der Waals surface area contributed by atoms with Crippen molar-refractivity contribution in [1.29, 1.82) is 0 Å². The van der Waals surface area contributed by atoms with E-state index >= 15 is 0 Å². The second-order valence-corrected chi connectivity index (χ2v) is 3.17. The zero-order chi connectivity index (χ0) is 8.97. The molecule has 1 unspecified atom stereocenters. The molecule has 0 saturated carbocycles. The molecular formula is C9H12ClNO. The number of alkyl halides is 1. The molecule has 0 bridgehead atoms. The van der Waals surface area contributed by atoms with Gasteiger partial charge in [0.15, 0.2) is 0 Å². The summed E-state index contributed by atoms with van der Waals surface area (Å²) in [7, 11) is 0. The Balaban J connectivity index is 2.53. The number of benzene rings is 1. The molecule has 0 spiro atoms. The summed E-state index contributed by atoms with van der Waals surface area (Å²) < 4.78 is 0. The van der Waals surface area contributed by atoms with Crippen molar-refractivity contribution in [2.45, 2.75) is 18.0 Å². The van der Waals surface area contributed by atoms with E-state index in [1.807, 2.05) is 30.3 Å². The van der Waals surface area contributed by atoms with Crippen LogP contribution >= 0.6 is 11.6 Å². The third kappa shape index (κ3) is 2.81. The van der Waals surface area contributed by atoms with Gasteiger partial charge in [0.2, 0.25) is 0 Å². The van der Waals surface area contributed by atoms with Crippen LogP contribution in [0.2, 0.25) is 0 Å².